The molecule has 3 N–H and O–H groups in total. The van der Waals surface area contributed by atoms with Crippen molar-refractivity contribution in [1.29, 1.82) is 0 Å². The molecule has 1 aromatic heterocycles. The highest BCUT2D eigenvalue weighted by Crippen LogP contribution is 1.97. The van der Waals surface area contributed by atoms with Gasteiger partial charge in [-0.25, -0.2) is 0 Å². The molecule has 0 radical (unpaired) electrons. The molecule has 4 nitrogen and oxygen atoms in total. The Hall–Kier alpha value is -1.42. The van der Waals surface area contributed by atoms with Gasteiger partial charge in [0.2, 0.25) is 5.91 Å². The number of carbonyl (C=O) groups excluding carboxylic acids is 1. The Balaban J connectivity index is 2.30. The fourth-order valence-corrected chi connectivity index (χ4v) is 1.17. The number of hydrogen-bond acceptors (Lipinski definition) is 3. The van der Waals surface area contributed by atoms with Crippen molar-refractivity contribution >= 4 is 5.91 Å². The Morgan fingerprint density at radius 3 is 2.79 bits per heavy atom. The van der Waals surface area contributed by atoms with Crippen molar-refractivity contribution in [1.82, 2.24) is 10.3 Å². The third kappa shape index (κ3) is 4.00. The number of pyridine rings is 1. The number of nitrogens with two attached hydrogens (primary N) is 1. The van der Waals surface area contributed by atoms with Gasteiger partial charge in [-0.05, 0) is 24.6 Å². The Morgan fingerprint density at radius 1 is 1.57 bits per heavy atom. The van der Waals surface area contributed by atoms with Crippen molar-refractivity contribution in [3.05, 3.63) is 30.1 Å². The van der Waals surface area contributed by atoms with Gasteiger partial charge in [-0.3, -0.25) is 9.78 Å². The summed E-state index contributed by atoms with van der Waals surface area (Å²) >= 11 is 0. The summed E-state index contributed by atoms with van der Waals surface area (Å²) in [4.78, 5) is 14.5. The molecule has 0 aliphatic heterocycles. The largest absolute Gasteiger partial charge is 0.370 e. The zero-order valence-electron chi connectivity index (χ0n) is 8.23. The van der Waals surface area contributed by atoms with E-state index in [4.69, 9.17) is 5.73 Å². The SMILES string of the molecule is CC(CC(N)=O)NCc1ccncc1. The van der Waals surface area contributed by atoms with E-state index in [9.17, 15) is 4.79 Å². The molecule has 14 heavy (non-hydrogen) atoms. The molecule has 0 saturated carbocycles. The lowest BCUT2D eigenvalue weighted by molar-refractivity contribution is -0.118. The highest BCUT2D eigenvalue weighted by atomic mass is 16.1. The average Bonchev–Trinajstić information content (AvgIpc) is 2.15. The van der Waals surface area contributed by atoms with Gasteiger partial charge in [0.15, 0.2) is 0 Å². The van der Waals surface area contributed by atoms with Crippen LogP contribution in [-0.4, -0.2) is 16.9 Å². The van der Waals surface area contributed by atoms with E-state index in [-0.39, 0.29) is 11.9 Å². The maximum absolute atomic E-state index is 10.6. The van der Waals surface area contributed by atoms with Crippen LogP contribution in [0.3, 0.4) is 0 Å². The number of carbonyl (C=O) groups is 1. The van der Waals surface area contributed by atoms with E-state index in [1.807, 2.05) is 19.1 Å². The molecule has 4 heteroatoms. The van der Waals surface area contributed by atoms with Gasteiger partial charge >= 0.3 is 0 Å². The molecule has 0 saturated heterocycles. The average molecular weight is 193 g/mol. The third-order valence-corrected chi connectivity index (χ3v) is 1.91. The lowest BCUT2D eigenvalue weighted by Gasteiger charge is -2.11. The summed E-state index contributed by atoms with van der Waals surface area (Å²) in [6.07, 6.45) is 3.86. The molecule has 1 amide bonds. The fourth-order valence-electron chi connectivity index (χ4n) is 1.17. The predicted molar refractivity (Wildman–Crippen MR) is 54.4 cm³/mol. The molecule has 1 unspecified atom stereocenters. The maximum atomic E-state index is 10.6. The second kappa shape index (κ2) is 5.34. The summed E-state index contributed by atoms with van der Waals surface area (Å²) in [5.41, 5.74) is 6.22. The second-order valence-corrected chi connectivity index (χ2v) is 3.31. The Kier molecular flexibility index (Phi) is 4.07. The van der Waals surface area contributed by atoms with Crippen LogP contribution in [-0.2, 0) is 11.3 Å². The van der Waals surface area contributed by atoms with E-state index >= 15 is 0 Å². The predicted octanol–water partition coefficient (Wildman–Crippen LogP) is 0.435. The number of primary amides is 1. The van der Waals surface area contributed by atoms with Gasteiger partial charge in [0.05, 0.1) is 0 Å². The first-order valence-electron chi connectivity index (χ1n) is 4.59. The minimum Gasteiger partial charge on any atom is -0.370 e. The van der Waals surface area contributed by atoms with Crippen molar-refractivity contribution < 1.29 is 4.79 Å². The van der Waals surface area contributed by atoms with Gasteiger partial charge < -0.3 is 11.1 Å². The van der Waals surface area contributed by atoms with Crippen molar-refractivity contribution in [2.24, 2.45) is 5.73 Å². The number of rotatable bonds is 5. The van der Waals surface area contributed by atoms with Gasteiger partial charge in [0.25, 0.3) is 0 Å². The highest BCUT2D eigenvalue weighted by Gasteiger charge is 2.04. The molecule has 1 aromatic rings. The minimum atomic E-state index is -0.278. The summed E-state index contributed by atoms with van der Waals surface area (Å²) in [6, 6.07) is 3.98. The monoisotopic (exact) mass is 193 g/mol. The molecule has 1 rings (SSSR count). The van der Waals surface area contributed by atoms with E-state index in [1.54, 1.807) is 12.4 Å². The van der Waals surface area contributed by atoms with Crippen molar-refractivity contribution in [2.75, 3.05) is 0 Å². The third-order valence-electron chi connectivity index (χ3n) is 1.91. The molecular formula is C10H15N3O. The summed E-state index contributed by atoms with van der Waals surface area (Å²) in [7, 11) is 0. The van der Waals surface area contributed by atoms with Crippen LogP contribution < -0.4 is 11.1 Å². The van der Waals surface area contributed by atoms with Crippen LogP contribution in [0.15, 0.2) is 24.5 Å². The molecule has 1 heterocycles. The van der Waals surface area contributed by atoms with Crippen LogP contribution in [0.4, 0.5) is 0 Å². The normalized spacial score (nSPS) is 12.4. The number of aromatic nitrogens is 1. The Labute approximate surface area is 83.5 Å². The first-order valence-corrected chi connectivity index (χ1v) is 4.59. The molecule has 76 valence electrons. The van der Waals surface area contributed by atoms with Crippen LogP contribution in [0.2, 0.25) is 0 Å². The van der Waals surface area contributed by atoms with Gasteiger partial charge in [-0.1, -0.05) is 0 Å². The fraction of sp³-hybridized carbons (Fsp3) is 0.400. The number of amides is 1. The zero-order valence-corrected chi connectivity index (χ0v) is 8.23. The van der Waals surface area contributed by atoms with Gasteiger partial charge in [-0.15, -0.1) is 0 Å². The lowest BCUT2D eigenvalue weighted by atomic mass is 10.2. The van der Waals surface area contributed by atoms with Crippen LogP contribution in [0, 0.1) is 0 Å². The first kappa shape index (κ1) is 10.7. The molecule has 0 aromatic carbocycles. The van der Waals surface area contributed by atoms with E-state index in [0.717, 1.165) is 12.1 Å². The lowest BCUT2D eigenvalue weighted by Crippen LogP contribution is -2.30. The van der Waals surface area contributed by atoms with Gasteiger partial charge in [-0.2, -0.15) is 0 Å². The maximum Gasteiger partial charge on any atom is 0.218 e. The van der Waals surface area contributed by atoms with E-state index in [0.29, 0.717) is 6.42 Å². The van der Waals surface area contributed by atoms with E-state index in [1.165, 1.54) is 0 Å². The van der Waals surface area contributed by atoms with Gasteiger partial charge in [0, 0.05) is 31.4 Å². The van der Waals surface area contributed by atoms with Crippen LogP contribution in [0.5, 0.6) is 0 Å². The van der Waals surface area contributed by atoms with E-state index < -0.39 is 0 Å². The first-order chi connectivity index (χ1) is 6.68. The molecule has 0 aliphatic carbocycles. The zero-order chi connectivity index (χ0) is 10.4. The smallest absolute Gasteiger partial charge is 0.218 e. The molecular weight excluding hydrogens is 178 g/mol. The van der Waals surface area contributed by atoms with Crippen molar-refractivity contribution in [3.63, 3.8) is 0 Å². The number of hydrogen-bond donors (Lipinski definition) is 2. The van der Waals surface area contributed by atoms with Gasteiger partial charge in [0.1, 0.15) is 0 Å². The van der Waals surface area contributed by atoms with Crippen LogP contribution in [0.25, 0.3) is 0 Å². The minimum absolute atomic E-state index is 0.112. The molecule has 0 spiro atoms. The molecule has 1 atom stereocenters. The molecule has 0 aliphatic rings. The Bertz CT molecular complexity index is 287. The molecule has 0 bridgehead atoms. The topological polar surface area (TPSA) is 68.0 Å². The summed E-state index contributed by atoms with van der Waals surface area (Å²) in [5, 5.41) is 3.20. The van der Waals surface area contributed by atoms with Crippen LogP contribution in [0.1, 0.15) is 18.9 Å². The highest BCUT2D eigenvalue weighted by molar-refractivity contribution is 5.74. The summed E-state index contributed by atoms with van der Waals surface area (Å²) in [6.45, 7) is 2.67. The second-order valence-electron chi connectivity index (χ2n) is 3.31. The van der Waals surface area contributed by atoms with Crippen molar-refractivity contribution in [3.8, 4) is 0 Å². The summed E-state index contributed by atoms with van der Waals surface area (Å²) < 4.78 is 0. The van der Waals surface area contributed by atoms with E-state index in [2.05, 4.69) is 10.3 Å². The van der Waals surface area contributed by atoms with Crippen LogP contribution >= 0.6 is 0 Å². The molecule has 0 fully saturated rings. The number of nitrogens with one attached hydrogen (secondary N) is 1. The standard InChI is InChI=1S/C10H15N3O/c1-8(6-10(11)14)13-7-9-2-4-12-5-3-9/h2-5,8,13H,6-7H2,1H3,(H2,11,14). The van der Waals surface area contributed by atoms with Crippen molar-refractivity contribution in [2.45, 2.75) is 25.9 Å². The number of nitrogens with zero attached hydrogens (tertiary/aromatic N) is 1. The summed E-state index contributed by atoms with van der Waals surface area (Å²) in [5.74, 6) is -0.278. The Morgan fingerprint density at radius 2 is 2.21 bits per heavy atom. The quantitative estimate of drug-likeness (QED) is 0.712.